The Bertz CT molecular complexity index is 791. The van der Waals surface area contributed by atoms with Crippen LogP contribution in [0.4, 0.5) is 8.78 Å². The van der Waals surface area contributed by atoms with Crippen molar-refractivity contribution in [3.05, 3.63) is 65.7 Å². The molecule has 2 rings (SSSR count). The molecule has 0 saturated heterocycles. The minimum Gasteiger partial charge on any atom is -0.460 e. The van der Waals surface area contributed by atoms with Crippen molar-refractivity contribution in [2.75, 3.05) is 6.54 Å². The van der Waals surface area contributed by atoms with Crippen molar-refractivity contribution in [1.29, 1.82) is 0 Å². The second-order valence-electron chi connectivity index (χ2n) is 4.53. The minimum absolute atomic E-state index is 0.180. The van der Waals surface area contributed by atoms with E-state index in [0.717, 1.165) is 24.3 Å². The van der Waals surface area contributed by atoms with Gasteiger partial charge in [-0.3, -0.25) is 4.79 Å². The van der Waals surface area contributed by atoms with Gasteiger partial charge in [0, 0.05) is 5.56 Å². The molecule has 0 atom stereocenters. The van der Waals surface area contributed by atoms with Gasteiger partial charge < -0.3 is 4.74 Å². The van der Waals surface area contributed by atoms with Gasteiger partial charge in [0.25, 0.3) is 0 Å². The van der Waals surface area contributed by atoms with Crippen LogP contribution in [0, 0.1) is 11.6 Å². The molecule has 0 bridgehead atoms. The Morgan fingerprint density at radius 3 is 2.35 bits per heavy atom. The number of hydrogen-bond acceptors (Lipinski definition) is 4. The third-order valence-corrected chi connectivity index (χ3v) is 4.29. The van der Waals surface area contributed by atoms with Gasteiger partial charge in [0.15, 0.2) is 0 Å². The average molecular weight is 341 g/mol. The lowest BCUT2D eigenvalue weighted by atomic mass is 10.2. The van der Waals surface area contributed by atoms with Gasteiger partial charge in [0.1, 0.15) is 24.8 Å². The summed E-state index contributed by atoms with van der Waals surface area (Å²) in [5.41, 5.74) is 0.183. The molecule has 0 aromatic heterocycles. The Hall–Kier alpha value is -2.32. The van der Waals surface area contributed by atoms with Crippen LogP contribution in [-0.2, 0) is 26.2 Å². The second-order valence-corrected chi connectivity index (χ2v) is 6.30. The Labute approximate surface area is 132 Å². The number of carbonyl (C=O) groups excluding carboxylic acids is 1. The Kier molecular flexibility index (Phi) is 5.41. The van der Waals surface area contributed by atoms with Gasteiger partial charge in [-0.25, -0.2) is 17.2 Å². The van der Waals surface area contributed by atoms with Crippen LogP contribution in [0.2, 0.25) is 0 Å². The van der Waals surface area contributed by atoms with Gasteiger partial charge in [-0.2, -0.15) is 4.72 Å². The zero-order valence-electron chi connectivity index (χ0n) is 11.8. The Morgan fingerprint density at radius 2 is 1.70 bits per heavy atom. The van der Waals surface area contributed by atoms with E-state index in [-0.39, 0.29) is 17.1 Å². The molecule has 0 amide bonds. The van der Waals surface area contributed by atoms with Crippen LogP contribution < -0.4 is 4.72 Å². The van der Waals surface area contributed by atoms with E-state index in [1.807, 2.05) is 4.72 Å². The van der Waals surface area contributed by atoms with Crippen LogP contribution in [-0.4, -0.2) is 20.9 Å². The zero-order valence-corrected chi connectivity index (χ0v) is 12.6. The third kappa shape index (κ3) is 4.83. The molecule has 0 aliphatic carbocycles. The standard InChI is InChI=1S/C15H13F2NO4S/c16-12-5-7-13(8-6-12)23(20,21)18-9-15(19)22-10-11-3-1-2-4-14(11)17/h1-8,18H,9-10H2. The zero-order chi connectivity index (χ0) is 16.9. The summed E-state index contributed by atoms with van der Waals surface area (Å²) in [6.07, 6.45) is 0. The molecule has 23 heavy (non-hydrogen) atoms. The molecule has 122 valence electrons. The highest BCUT2D eigenvalue weighted by atomic mass is 32.2. The van der Waals surface area contributed by atoms with Crippen molar-refractivity contribution in [3.63, 3.8) is 0 Å². The van der Waals surface area contributed by atoms with E-state index in [0.29, 0.717) is 0 Å². The van der Waals surface area contributed by atoms with Gasteiger partial charge in [0.2, 0.25) is 10.0 Å². The predicted octanol–water partition coefficient (Wildman–Crippen LogP) is 1.99. The number of halogens is 2. The van der Waals surface area contributed by atoms with Crippen molar-refractivity contribution in [1.82, 2.24) is 4.72 Å². The van der Waals surface area contributed by atoms with E-state index < -0.39 is 34.2 Å². The van der Waals surface area contributed by atoms with E-state index >= 15 is 0 Å². The van der Waals surface area contributed by atoms with Crippen LogP contribution in [0.15, 0.2) is 53.4 Å². The molecule has 0 saturated carbocycles. The molecule has 2 aromatic carbocycles. The first-order chi connectivity index (χ1) is 10.9. The molecule has 0 unspecified atom stereocenters. The maximum absolute atomic E-state index is 13.3. The Balaban J connectivity index is 1.89. The summed E-state index contributed by atoms with van der Waals surface area (Å²) in [6, 6.07) is 9.88. The summed E-state index contributed by atoms with van der Waals surface area (Å²) < 4.78 is 56.7. The highest BCUT2D eigenvalue weighted by molar-refractivity contribution is 7.89. The molecule has 1 N–H and O–H groups in total. The van der Waals surface area contributed by atoms with E-state index in [4.69, 9.17) is 4.74 Å². The lowest BCUT2D eigenvalue weighted by Gasteiger charge is -2.08. The largest absolute Gasteiger partial charge is 0.460 e. The molecular weight excluding hydrogens is 328 g/mol. The summed E-state index contributed by atoms with van der Waals surface area (Å²) in [4.78, 5) is 11.3. The second kappa shape index (κ2) is 7.30. The van der Waals surface area contributed by atoms with Crippen molar-refractivity contribution in [3.8, 4) is 0 Å². The van der Waals surface area contributed by atoms with Crippen LogP contribution in [0.5, 0.6) is 0 Å². The smallest absolute Gasteiger partial charge is 0.321 e. The normalized spacial score (nSPS) is 11.2. The fraction of sp³-hybridized carbons (Fsp3) is 0.133. The molecule has 8 heteroatoms. The number of esters is 1. The van der Waals surface area contributed by atoms with Crippen LogP contribution in [0.3, 0.4) is 0 Å². The number of carbonyl (C=O) groups is 1. The molecule has 0 spiro atoms. The summed E-state index contributed by atoms with van der Waals surface area (Å²) in [6.45, 7) is -0.919. The minimum atomic E-state index is -3.95. The predicted molar refractivity (Wildman–Crippen MR) is 77.8 cm³/mol. The van der Waals surface area contributed by atoms with Crippen LogP contribution in [0.1, 0.15) is 5.56 Å². The Morgan fingerprint density at radius 1 is 1.04 bits per heavy atom. The maximum atomic E-state index is 13.3. The molecule has 0 aliphatic rings. The molecule has 0 heterocycles. The molecule has 0 aliphatic heterocycles. The topological polar surface area (TPSA) is 72.5 Å². The molecule has 5 nitrogen and oxygen atoms in total. The van der Waals surface area contributed by atoms with E-state index in [2.05, 4.69) is 0 Å². The molecule has 2 aromatic rings. The average Bonchev–Trinajstić information content (AvgIpc) is 2.53. The number of nitrogens with one attached hydrogen (secondary N) is 1. The van der Waals surface area contributed by atoms with Gasteiger partial charge in [0.05, 0.1) is 4.90 Å². The maximum Gasteiger partial charge on any atom is 0.321 e. The van der Waals surface area contributed by atoms with E-state index in [1.165, 1.54) is 18.2 Å². The highest BCUT2D eigenvalue weighted by Gasteiger charge is 2.16. The number of sulfonamides is 1. The van der Waals surface area contributed by atoms with Gasteiger partial charge >= 0.3 is 5.97 Å². The monoisotopic (exact) mass is 341 g/mol. The number of ether oxygens (including phenoxy) is 1. The number of rotatable bonds is 6. The van der Waals surface area contributed by atoms with Crippen LogP contribution >= 0.6 is 0 Å². The summed E-state index contributed by atoms with van der Waals surface area (Å²) in [5.74, 6) is -1.96. The first-order valence-electron chi connectivity index (χ1n) is 6.53. The van der Waals surface area contributed by atoms with Crippen LogP contribution in [0.25, 0.3) is 0 Å². The highest BCUT2D eigenvalue weighted by Crippen LogP contribution is 2.10. The van der Waals surface area contributed by atoms with E-state index in [1.54, 1.807) is 6.07 Å². The lowest BCUT2D eigenvalue weighted by molar-refractivity contribution is -0.143. The van der Waals surface area contributed by atoms with Crippen molar-refractivity contribution >= 4 is 16.0 Å². The fourth-order valence-corrected chi connectivity index (χ4v) is 2.64. The molecular formula is C15H13F2NO4S. The van der Waals surface area contributed by atoms with Gasteiger partial charge in [-0.1, -0.05) is 18.2 Å². The van der Waals surface area contributed by atoms with Crippen molar-refractivity contribution in [2.24, 2.45) is 0 Å². The third-order valence-electron chi connectivity index (χ3n) is 2.88. The lowest BCUT2D eigenvalue weighted by Crippen LogP contribution is -2.30. The molecule has 0 fully saturated rings. The summed E-state index contributed by atoms with van der Waals surface area (Å²) >= 11 is 0. The first-order valence-corrected chi connectivity index (χ1v) is 8.01. The van der Waals surface area contributed by atoms with Crippen molar-refractivity contribution in [2.45, 2.75) is 11.5 Å². The van der Waals surface area contributed by atoms with Gasteiger partial charge in [-0.05, 0) is 30.3 Å². The number of benzene rings is 2. The van der Waals surface area contributed by atoms with Crippen molar-refractivity contribution < 1.29 is 26.7 Å². The molecule has 0 radical (unpaired) electrons. The summed E-state index contributed by atoms with van der Waals surface area (Å²) in [7, 11) is -3.95. The number of hydrogen-bond donors (Lipinski definition) is 1. The SMILES string of the molecule is O=C(CNS(=O)(=O)c1ccc(F)cc1)OCc1ccccc1F. The quantitative estimate of drug-likeness (QED) is 0.816. The first kappa shape index (κ1) is 17.0. The fourth-order valence-electron chi connectivity index (χ4n) is 1.68. The van der Waals surface area contributed by atoms with Gasteiger partial charge in [-0.15, -0.1) is 0 Å². The van der Waals surface area contributed by atoms with E-state index in [9.17, 15) is 22.0 Å². The summed E-state index contributed by atoms with van der Waals surface area (Å²) in [5, 5.41) is 0.